The van der Waals surface area contributed by atoms with Gasteiger partial charge in [0.05, 0.1) is 0 Å². The lowest BCUT2D eigenvalue weighted by molar-refractivity contribution is 0.0916. The molecule has 0 spiro atoms. The van der Waals surface area contributed by atoms with Gasteiger partial charge in [0.25, 0.3) is 0 Å². The third-order valence-electron chi connectivity index (χ3n) is 3.53. The van der Waals surface area contributed by atoms with Gasteiger partial charge in [-0.2, -0.15) is 5.10 Å². The fourth-order valence-corrected chi connectivity index (χ4v) is 2.33. The minimum absolute atomic E-state index is 0.275. The average molecular weight is 222 g/mol. The maximum absolute atomic E-state index is 4.20. The first-order chi connectivity index (χ1) is 7.59. The molecule has 4 nitrogen and oxygen atoms in total. The number of piperazine rings is 1. The van der Waals surface area contributed by atoms with Crippen LogP contribution in [0.3, 0.4) is 0 Å². The first-order valence-corrected chi connectivity index (χ1v) is 6.02. The minimum atomic E-state index is 0.275. The molecule has 1 aliphatic rings. The van der Waals surface area contributed by atoms with Gasteiger partial charge in [0, 0.05) is 57.1 Å². The lowest BCUT2D eigenvalue weighted by Gasteiger charge is -2.42. The fraction of sp³-hybridized carbons (Fsp3) is 0.750. The zero-order chi connectivity index (χ0) is 11.6. The van der Waals surface area contributed by atoms with Crippen molar-refractivity contribution in [3.8, 4) is 0 Å². The van der Waals surface area contributed by atoms with Crippen LogP contribution in [-0.2, 0) is 13.5 Å². The molecule has 1 N–H and O–H groups in total. The summed E-state index contributed by atoms with van der Waals surface area (Å²) in [7, 11) is 2.01. The van der Waals surface area contributed by atoms with Crippen molar-refractivity contribution in [2.45, 2.75) is 25.8 Å². The molecule has 0 saturated carbocycles. The van der Waals surface area contributed by atoms with E-state index >= 15 is 0 Å². The summed E-state index contributed by atoms with van der Waals surface area (Å²) in [6.45, 7) is 9.07. The molecule has 0 unspecified atom stereocenters. The average Bonchev–Trinajstić information content (AvgIpc) is 2.62. The molecule has 2 rings (SSSR count). The highest BCUT2D eigenvalue weighted by molar-refractivity contribution is 5.01. The second-order valence-electron chi connectivity index (χ2n) is 5.17. The first kappa shape index (κ1) is 11.6. The Morgan fingerprint density at radius 3 is 2.94 bits per heavy atom. The van der Waals surface area contributed by atoms with E-state index in [9.17, 15) is 0 Å². The Labute approximate surface area is 97.6 Å². The standard InChI is InChI=1S/C12H22N4/c1-12(2)10-13-7-9-16(12)8-5-11-4-6-14-15(11)3/h4,6,13H,5,7-10H2,1-3H3. The predicted octanol–water partition coefficient (Wildman–Crippen LogP) is 0.646. The second kappa shape index (κ2) is 4.55. The monoisotopic (exact) mass is 222 g/mol. The van der Waals surface area contributed by atoms with Gasteiger partial charge in [-0.1, -0.05) is 0 Å². The lowest BCUT2D eigenvalue weighted by Crippen LogP contribution is -2.58. The quantitative estimate of drug-likeness (QED) is 0.815. The van der Waals surface area contributed by atoms with Crippen LogP contribution in [0, 0.1) is 0 Å². The number of nitrogens with one attached hydrogen (secondary N) is 1. The molecular formula is C12H22N4. The molecule has 1 fully saturated rings. The number of nitrogens with zero attached hydrogens (tertiary/aromatic N) is 3. The van der Waals surface area contributed by atoms with Gasteiger partial charge in [-0.05, 0) is 19.9 Å². The van der Waals surface area contributed by atoms with Gasteiger partial charge in [-0.25, -0.2) is 0 Å². The summed E-state index contributed by atoms with van der Waals surface area (Å²) >= 11 is 0. The summed E-state index contributed by atoms with van der Waals surface area (Å²) in [5.74, 6) is 0. The van der Waals surface area contributed by atoms with Crippen molar-refractivity contribution in [3.63, 3.8) is 0 Å². The summed E-state index contributed by atoms with van der Waals surface area (Å²) in [6.07, 6.45) is 2.96. The maximum Gasteiger partial charge on any atom is 0.0492 e. The molecule has 0 bridgehead atoms. The molecule has 0 radical (unpaired) electrons. The van der Waals surface area contributed by atoms with Crippen molar-refractivity contribution in [3.05, 3.63) is 18.0 Å². The molecule has 1 aliphatic heterocycles. The van der Waals surface area contributed by atoms with E-state index in [1.54, 1.807) is 0 Å². The highest BCUT2D eigenvalue weighted by Crippen LogP contribution is 2.16. The summed E-state index contributed by atoms with van der Waals surface area (Å²) < 4.78 is 1.97. The maximum atomic E-state index is 4.20. The smallest absolute Gasteiger partial charge is 0.0492 e. The molecule has 1 aromatic rings. The van der Waals surface area contributed by atoms with E-state index in [2.05, 4.69) is 35.2 Å². The van der Waals surface area contributed by atoms with Crippen LogP contribution in [0.2, 0.25) is 0 Å². The molecule has 0 amide bonds. The molecule has 90 valence electrons. The Morgan fingerprint density at radius 2 is 2.31 bits per heavy atom. The van der Waals surface area contributed by atoms with Crippen LogP contribution in [0.1, 0.15) is 19.5 Å². The molecule has 0 aromatic carbocycles. The van der Waals surface area contributed by atoms with E-state index in [1.165, 1.54) is 5.69 Å². The summed E-state index contributed by atoms with van der Waals surface area (Å²) in [4.78, 5) is 2.57. The number of aromatic nitrogens is 2. The zero-order valence-electron chi connectivity index (χ0n) is 10.5. The first-order valence-electron chi connectivity index (χ1n) is 6.02. The van der Waals surface area contributed by atoms with E-state index in [4.69, 9.17) is 0 Å². The Kier molecular flexibility index (Phi) is 3.30. The van der Waals surface area contributed by atoms with E-state index < -0.39 is 0 Å². The molecule has 1 saturated heterocycles. The van der Waals surface area contributed by atoms with Gasteiger partial charge in [-0.3, -0.25) is 9.58 Å². The van der Waals surface area contributed by atoms with Gasteiger partial charge in [-0.15, -0.1) is 0 Å². The van der Waals surface area contributed by atoms with Crippen LogP contribution in [0.5, 0.6) is 0 Å². The van der Waals surface area contributed by atoms with E-state index in [1.807, 2.05) is 17.9 Å². The van der Waals surface area contributed by atoms with Gasteiger partial charge in [0.1, 0.15) is 0 Å². The molecule has 16 heavy (non-hydrogen) atoms. The molecule has 0 aliphatic carbocycles. The Bertz CT molecular complexity index is 343. The van der Waals surface area contributed by atoms with Crippen LogP contribution in [0.15, 0.2) is 12.3 Å². The lowest BCUT2D eigenvalue weighted by atomic mass is 10.00. The molecule has 2 heterocycles. The van der Waals surface area contributed by atoms with Crippen molar-refractivity contribution in [1.82, 2.24) is 20.0 Å². The van der Waals surface area contributed by atoms with E-state index in [-0.39, 0.29) is 5.54 Å². The fourth-order valence-electron chi connectivity index (χ4n) is 2.33. The highest BCUT2D eigenvalue weighted by Gasteiger charge is 2.28. The van der Waals surface area contributed by atoms with Crippen LogP contribution < -0.4 is 5.32 Å². The van der Waals surface area contributed by atoms with Gasteiger partial charge < -0.3 is 5.32 Å². The van der Waals surface area contributed by atoms with Crippen molar-refractivity contribution in [2.24, 2.45) is 7.05 Å². The molecule has 1 aromatic heterocycles. The Hall–Kier alpha value is -0.870. The van der Waals surface area contributed by atoms with Crippen LogP contribution >= 0.6 is 0 Å². The Morgan fingerprint density at radius 1 is 1.50 bits per heavy atom. The number of hydrogen-bond donors (Lipinski definition) is 1. The third kappa shape index (κ3) is 2.44. The SMILES string of the molecule is Cn1nccc1CCN1CCNCC1(C)C. The number of aryl methyl sites for hydroxylation is 1. The normalized spacial score (nSPS) is 21.2. The molecule has 0 atom stereocenters. The number of hydrogen-bond acceptors (Lipinski definition) is 3. The summed E-state index contributed by atoms with van der Waals surface area (Å²) in [5, 5.41) is 7.65. The minimum Gasteiger partial charge on any atom is -0.314 e. The van der Waals surface area contributed by atoms with Gasteiger partial charge >= 0.3 is 0 Å². The predicted molar refractivity (Wildman–Crippen MR) is 65.4 cm³/mol. The summed E-state index contributed by atoms with van der Waals surface area (Å²) in [5.41, 5.74) is 1.59. The molecule has 4 heteroatoms. The Balaban J connectivity index is 1.92. The topological polar surface area (TPSA) is 33.1 Å². The van der Waals surface area contributed by atoms with Crippen molar-refractivity contribution >= 4 is 0 Å². The molecular weight excluding hydrogens is 200 g/mol. The number of rotatable bonds is 3. The van der Waals surface area contributed by atoms with Crippen molar-refractivity contribution in [1.29, 1.82) is 0 Å². The van der Waals surface area contributed by atoms with Crippen molar-refractivity contribution in [2.75, 3.05) is 26.2 Å². The highest BCUT2D eigenvalue weighted by atomic mass is 15.3. The van der Waals surface area contributed by atoms with E-state index in [0.717, 1.165) is 32.6 Å². The van der Waals surface area contributed by atoms with Gasteiger partial charge in [0.2, 0.25) is 0 Å². The zero-order valence-corrected chi connectivity index (χ0v) is 10.5. The van der Waals surface area contributed by atoms with Gasteiger partial charge in [0.15, 0.2) is 0 Å². The van der Waals surface area contributed by atoms with Crippen LogP contribution in [0.25, 0.3) is 0 Å². The van der Waals surface area contributed by atoms with E-state index in [0.29, 0.717) is 0 Å². The van der Waals surface area contributed by atoms with Crippen LogP contribution in [0.4, 0.5) is 0 Å². The third-order valence-corrected chi connectivity index (χ3v) is 3.53. The largest absolute Gasteiger partial charge is 0.314 e. The van der Waals surface area contributed by atoms with Crippen molar-refractivity contribution < 1.29 is 0 Å². The second-order valence-corrected chi connectivity index (χ2v) is 5.17. The van der Waals surface area contributed by atoms with Crippen LogP contribution in [-0.4, -0.2) is 46.4 Å². The summed E-state index contributed by atoms with van der Waals surface area (Å²) in [6, 6.07) is 2.11.